The van der Waals surface area contributed by atoms with E-state index in [1.165, 1.54) is 25.1 Å². The Morgan fingerprint density at radius 2 is 1.40 bits per heavy atom. The maximum absolute atomic E-state index is 13.8. The highest BCUT2D eigenvalue weighted by atomic mass is 19.4. The first-order chi connectivity index (χ1) is 9.05. The van der Waals surface area contributed by atoms with E-state index < -0.39 is 30.4 Å². The molecule has 0 aromatic heterocycles. The van der Waals surface area contributed by atoms with Crippen LogP contribution in [0.4, 0.5) is 30.7 Å². The van der Waals surface area contributed by atoms with Gasteiger partial charge in [0.15, 0.2) is 0 Å². The summed E-state index contributed by atoms with van der Waals surface area (Å²) in [5.41, 5.74) is -0.233. The van der Waals surface area contributed by atoms with Crippen molar-refractivity contribution in [3.63, 3.8) is 0 Å². The van der Waals surface area contributed by atoms with Crippen LogP contribution in [0.25, 0.3) is 0 Å². The van der Waals surface area contributed by atoms with Crippen LogP contribution >= 0.6 is 0 Å². The molecule has 114 valence electrons. The lowest BCUT2D eigenvalue weighted by Gasteiger charge is -2.34. The molecule has 1 rings (SSSR count). The first kappa shape index (κ1) is 16.8. The van der Waals surface area contributed by atoms with E-state index in [0.717, 1.165) is 12.1 Å². The van der Waals surface area contributed by atoms with E-state index in [1.807, 2.05) is 0 Å². The molecule has 0 spiro atoms. The maximum Gasteiger partial charge on any atom is 0.459 e. The van der Waals surface area contributed by atoms with Crippen molar-refractivity contribution < 1.29 is 30.7 Å². The van der Waals surface area contributed by atoms with Crippen molar-refractivity contribution in [1.29, 1.82) is 0 Å². The second kappa shape index (κ2) is 5.61. The fraction of sp³-hybridized carbons (Fsp3) is 0.538. The van der Waals surface area contributed by atoms with Crippen molar-refractivity contribution in [2.75, 3.05) is 0 Å². The average molecular weight is 302 g/mol. The third-order valence-corrected chi connectivity index (χ3v) is 2.99. The highest BCUT2D eigenvalue weighted by Crippen LogP contribution is 2.53. The van der Waals surface area contributed by atoms with Gasteiger partial charge >= 0.3 is 18.0 Å². The van der Waals surface area contributed by atoms with Gasteiger partial charge in [-0.05, 0) is 12.0 Å². The SMILES string of the molecule is CCCC(c1ccccc1)C(F)(F)C(F)(F)C(F)(F)F. The topological polar surface area (TPSA) is 0 Å². The Hall–Kier alpha value is -1.27. The monoisotopic (exact) mass is 302 g/mol. The Morgan fingerprint density at radius 3 is 1.80 bits per heavy atom. The van der Waals surface area contributed by atoms with Gasteiger partial charge in [0.25, 0.3) is 0 Å². The van der Waals surface area contributed by atoms with Crippen LogP contribution in [0.3, 0.4) is 0 Å². The number of halogens is 7. The molecule has 0 N–H and O–H groups in total. The maximum atomic E-state index is 13.8. The minimum Gasteiger partial charge on any atom is -0.199 e. The van der Waals surface area contributed by atoms with Crippen LogP contribution < -0.4 is 0 Å². The van der Waals surface area contributed by atoms with Gasteiger partial charge in [-0.15, -0.1) is 0 Å². The number of hydrogen-bond donors (Lipinski definition) is 0. The van der Waals surface area contributed by atoms with Gasteiger partial charge in [-0.25, -0.2) is 0 Å². The molecule has 0 heterocycles. The predicted molar refractivity (Wildman–Crippen MR) is 60.0 cm³/mol. The Labute approximate surface area is 111 Å². The summed E-state index contributed by atoms with van der Waals surface area (Å²) in [4.78, 5) is 0. The molecule has 0 radical (unpaired) electrons. The molecule has 0 saturated carbocycles. The summed E-state index contributed by atoms with van der Waals surface area (Å²) in [6, 6.07) is 6.35. The first-order valence-corrected chi connectivity index (χ1v) is 5.93. The largest absolute Gasteiger partial charge is 0.459 e. The van der Waals surface area contributed by atoms with E-state index in [9.17, 15) is 30.7 Å². The van der Waals surface area contributed by atoms with Crippen molar-refractivity contribution in [1.82, 2.24) is 0 Å². The Kier molecular flexibility index (Phi) is 4.71. The minimum absolute atomic E-state index is 0.0586. The zero-order valence-corrected chi connectivity index (χ0v) is 10.5. The quantitative estimate of drug-likeness (QED) is 0.639. The fourth-order valence-corrected chi connectivity index (χ4v) is 1.94. The van der Waals surface area contributed by atoms with Crippen LogP contribution in [-0.4, -0.2) is 18.0 Å². The van der Waals surface area contributed by atoms with Gasteiger partial charge in [-0.3, -0.25) is 0 Å². The summed E-state index contributed by atoms with van der Waals surface area (Å²) in [7, 11) is 0. The molecule has 0 aliphatic heterocycles. The smallest absolute Gasteiger partial charge is 0.199 e. The van der Waals surface area contributed by atoms with Crippen molar-refractivity contribution in [2.24, 2.45) is 0 Å². The molecule has 0 aliphatic carbocycles. The molecule has 0 saturated heterocycles. The predicted octanol–water partition coefficient (Wildman–Crippen LogP) is 5.40. The van der Waals surface area contributed by atoms with Crippen LogP contribution in [0.5, 0.6) is 0 Å². The molecule has 1 atom stereocenters. The van der Waals surface area contributed by atoms with E-state index in [1.54, 1.807) is 0 Å². The highest BCUT2D eigenvalue weighted by Gasteiger charge is 2.74. The molecule has 1 aromatic carbocycles. The molecule has 0 amide bonds. The summed E-state index contributed by atoms with van der Waals surface area (Å²) in [6.45, 7) is 1.44. The van der Waals surface area contributed by atoms with Crippen LogP contribution in [0.15, 0.2) is 30.3 Å². The Bertz CT molecular complexity index is 422. The van der Waals surface area contributed by atoms with E-state index in [4.69, 9.17) is 0 Å². The lowest BCUT2D eigenvalue weighted by Crippen LogP contribution is -2.54. The fourth-order valence-electron chi connectivity index (χ4n) is 1.94. The molecule has 0 aliphatic rings. The standard InChI is InChI=1S/C13H13F7/c1-2-6-10(9-7-4-3-5-8-9)11(14,15)12(16,17)13(18,19)20/h3-5,7-8,10H,2,6H2,1H3. The summed E-state index contributed by atoms with van der Waals surface area (Å²) in [5.74, 6) is -13.5. The number of alkyl halides is 7. The second-order valence-electron chi connectivity index (χ2n) is 4.45. The summed E-state index contributed by atoms with van der Waals surface area (Å²) < 4.78 is 90.4. The van der Waals surface area contributed by atoms with Gasteiger partial charge < -0.3 is 0 Å². The van der Waals surface area contributed by atoms with Crippen molar-refractivity contribution in [3.05, 3.63) is 35.9 Å². The summed E-state index contributed by atoms with van der Waals surface area (Å²) in [5, 5.41) is 0. The van der Waals surface area contributed by atoms with Gasteiger partial charge in [-0.1, -0.05) is 43.7 Å². The van der Waals surface area contributed by atoms with Crippen LogP contribution in [-0.2, 0) is 0 Å². The summed E-state index contributed by atoms with van der Waals surface area (Å²) in [6.07, 6.45) is -6.71. The van der Waals surface area contributed by atoms with E-state index >= 15 is 0 Å². The second-order valence-corrected chi connectivity index (χ2v) is 4.45. The molecule has 1 aromatic rings. The van der Waals surface area contributed by atoms with Crippen molar-refractivity contribution >= 4 is 0 Å². The highest BCUT2D eigenvalue weighted by molar-refractivity contribution is 5.23. The molecular weight excluding hydrogens is 289 g/mol. The van der Waals surface area contributed by atoms with Crippen molar-refractivity contribution in [3.8, 4) is 0 Å². The van der Waals surface area contributed by atoms with Gasteiger partial charge in [0.1, 0.15) is 0 Å². The van der Waals surface area contributed by atoms with Crippen LogP contribution in [0.2, 0.25) is 0 Å². The van der Waals surface area contributed by atoms with Gasteiger partial charge in [0, 0.05) is 0 Å². The Balaban J connectivity index is 3.26. The van der Waals surface area contributed by atoms with Crippen molar-refractivity contribution in [2.45, 2.75) is 43.7 Å². The number of benzene rings is 1. The lowest BCUT2D eigenvalue weighted by molar-refractivity contribution is -0.359. The number of hydrogen-bond acceptors (Lipinski definition) is 0. The molecule has 0 fully saturated rings. The zero-order chi connectivity index (χ0) is 15.6. The third kappa shape index (κ3) is 2.91. The molecule has 0 bridgehead atoms. The van der Waals surface area contributed by atoms with E-state index in [0.29, 0.717) is 0 Å². The number of rotatable bonds is 5. The van der Waals surface area contributed by atoms with Gasteiger partial charge in [0.05, 0.1) is 5.92 Å². The zero-order valence-electron chi connectivity index (χ0n) is 10.5. The minimum atomic E-state index is -6.29. The normalized spacial score (nSPS) is 15.2. The average Bonchev–Trinajstić information content (AvgIpc) is 2.35. The van der Waals surface area contributed by atoms with E-state index in [2.05, 4.69) is 0 Å². The molecule has 20 heavy (non-hydrogen) atoms. The van der Waals surface area contributed by atoms with E-state index in [-0.39, 0.29) is 12.0 Å². The first-order valence-electron chi connectivity index (χ1n) is 5.93. The van der Waals surface area contributed by atoms with Gasteiger partial charge in [0.2, 0.25) is 0 Å². The lowest BCUT2D eigenvalue weighted by atomic mass is 9.85. The Morgan fingerprint density at radius 1 is 0.900 bits per heavy atom. The van der Waals surface area contributed by atoms with Gasteiger partial charge in [-0.2, -0.15) is 30.7 Å². The molecular formula is C13H13F7. The summed E-state index contributed by atoms with van der Waals surface area (Å²) >= 11 is 0. The van der Waals surface area contributed by atoms with Crippen LogP contribution in [0.1, 0.15) is 31.2 Å². The molecule has 7 heteroatoms. The van der Waals surface area contributed by atoms with Crippen LogP contribution in [0, 0.1) is 0 Å². The molecule has 1 unspecified atom stereocenters. The third-order valence-electron chi connectivity index (χ3n) is 2.99. The molecule has 0 nitrogen and oxygen atoms in total.